The second-order valence-corrected chi connectivity index (χ2v) is 12.0. The number of allylic oxidation sites excluding steroid dienone is 2. The highest BCUT2D eigenvalue weighted by molar-refractivity contribution is 6.53. The minimum atomic E-state index is -1.96. The maximum atomic E-state index is 14.0. The smallest absolute Gasteiger partial charge is 0.269 e. The van der Waals surface area contributed by atoms with E-state index < -0.39 is 62.0 Å². The summed E-state index contributed by atoms with van der Waals surface area (Å²) in [5.74, 6) is -5.84. The lowest BCUT2D eigenvalue weighted by Gasteiger charge is -2.50. The first-order valence-electron chi connectivity index (χ1n) is 12.8. The summed E-state index contributed by atoms with van der Waals surface area (Å²) in [5.41, 5.74) is 1.03. The Balaban J connectivity index is 1.49. The first kappa shape index (κ1) is 27.2. The molecule has 2 saturated heterocycles. The number of nitro groups is 1. The number of ether oxygens (including phenoxy) is 1. The number of carbonyl (C=O) groups excluding carboxylic acids is 4. The largest absolute Gasteiger partial charge is 0.504 e. The lowest BCUT2D eigenvalue weighted by atomic mass is 9.56. The van der Waals surface area contributed by atoms with Gasteiger partial charge in [-0.2, -0.15) is 0 Å². The third-order valence-electron chi connectivity index (χ3n) is 8.87. The van der Waals surface area contributed by atoms with Gasteiger partial charge in [0.05, 0.1) is 29.6 Å². The first-order valence-corrected chi connectivity index (χ1v) is 13.5. The van der Waals surface area contributed by atoms with Crippen LogP contribution in [0.3, 0.4) is 0 Å². The average Bonchev–Trinajstić information content (AvgIpc) is 3.28. The summed E-state index contributed by atoms with van der Waals surface area (Å²) in [6.45, 7) is 0. The molecule has 2 aliphatic carbocycles. The number of carbonyl (C=O) groups is 4. The normalized spacial score (nSPS) is 32.4. The second-order valence-electron chi connectivity index (χ2n) is 10.7. The van der Waals surface area contributed by atoms with Crippen molar-refractivity contribution in [1.29, 1.82) is 0 Å². The minimum absolute atomic E-state index is 0.112. The molecule has 6 rings (SSSR count). The Hall–Kier alpha value is -3.96. The molecule has 2 heterocycles. The molecule has 2 aromatic rings. The van der Waals surface area contributed by atoms with E-state index in [1.54, 1.807) is 12.1 Å². The van der Waals surface area contributed by atoms with Crippen LogP contribution in [0.5, 0.6) is 11.5 Å². The minimum Gasteiger partial charge on any atom is -0.504 e. The fourth-order valence-electron chi connectivity index (χ4n) is 6.97. The zero-order chi connectivity index (χ0) is 29.6. The molecule has 13 heteroatoms. The van der Waals surface area contributed by atoms with Gasteiger partial charge < -0.3 is 9.84 Å². The summed E-state index contributed by atoms with van der Waals surface area (Å²) in [4.78, 5) is 63.2. The van der Waals surface area contributed by atoms with Crippen LogP contribution in [-0.2, 0) is 19.2 Å². The molecule has 11 nitrogen and oxygen atoms in total. The number of phenols is 1. The molecule has 41 heavy (non-hydrogen) atoms. The predicted molar refractivity (Wildman–Crippen MR) is 146 cm³/mol. The number of imide groups is 2. The van der Waals surface area contributed by atoms with E-state index in [0.717, 1.165) is 9.80 Å². The number of non-ortho nitro benzene ring substituents is 1. The number of nitro benzene ring substituents is 1. The number of halogens is 2. The lowest BCUT2D eigenvalue weighted by Crippen LogP contribution is -2.60. The first-order chi connectivity index (χ1) is 19.4. The van der Waals surface area contributed by atoms with Crippen LogP contribution >= 0.6 is 23.2 Å². The molecule has 0 radical (unpaired) electrons. The van der Waals surface area contributed by atoms with Gasteiger partial charge in [0.1, 0.15) is 0 Å². The third-order valence-corrected chi connectivity index (χ3v) is 10.3. The molecule has 0 unspecified atom stereocenters. The van der Waals surface area contributed by atoms with Crippen LogP contribution in [0.1, 0.15) is 24.3 Å². The highest BCUT2D eigenvalue weighted by atomic mass is 35.5. The van der Waals surface area contributed by atoms with Crippen molar-refractivity contribution in [2.75, 3.05) is 19.1 Å². The van der Waals surface area contributed by atoms with Gasteiger partial charge in [0.15, 0.2) is 21.2 Å². The molecule has 4 amide bonds. The summed E-state index contributed by atoms with van der Waals surface area (Å²) < 4.78 is 5.28. The highest BCUT2D eigenvalue weighted by Crippen LogP contribution is 2.65. The molecule has 0 bridgehead atoms. The summed E-state index contributed by atoms with van der Waals surface area (Å²) in [5, 5.41) is 21.3. The van der Waals surface area contributed by atoms with Crippen LogP contribution < -0.4 is 9.64 Å². The van der Waals surface area contributed by atoms with Crippen molar-refractivity contribution in [2.24, 2.45) is 17.8 Å². The van der Waals surface area contributed by atoms with Gasteiger partial charge in [-0.3, -0.25) is 39.1 Å². The molecule has 6 atom stereocenters. The maximum absolute atomic E-state index is 14.0. The van der Waals surface area contributed by atoms with E-state index >= 15 is 0 Å². The molecule has 2 aliphatic heterocycles. The standard InChI is InChI=1S/C28H23Cl2N3O8/c1-31-25(37)27(29)12-18-16(22(28(27,30)26(31)38)13-3-10-19(34)20(11-13)41-2)8-9-17-21(18)24(36)32(23(17)35)14-4-6-15(7-5-14)33(39)40/h3-8,10-11,17-18,21-22,34H,9,12H2,1-2H3/t17-,18+,21-,22-,27+,28-/m0/s1. The van der Waals surface area contributed by atoms with Crippen LogP contribution in [0.25, 0.3) is 0 Å². The topological polar surface area (TPSA) is 147 Å². The Bertz CT molecular complexity index is 1590. The van der Waals surface area contributed by atoms with Gasteiger partial charge in [0, 0.05) is 25.1 Å². The van der Waals surface area contributed by atoms with E-state index in [-0.39, 0.29) is 35.7 Å². The van der Waals surface area contributed by atoms with E-state index in [2.05, 4.69) is 0 Å². The van der Waals surface area contributed by atoms with Crippen molar-refractivity contribution in [1.82, 2.24) is 4.90 Å². The number of hydrogen-bond donors (Lipinski definition) is 1. The second kappa shape index (κ2) is 9.02. The number of hydrogen-bond acceptors (Lipinski definition) is 8. The van der Waals surface area contributed by atoms with Crippen molar-refractivity contribution in [2.45, 2.75) is 28.5 Å². The fourth-order valence-corrected chi connectivity index (χ4v) is 7.99. The zero-order valence-corrected chi connectivity index (χ0v) is 23.3. The lowest BCUT2D eigenvalue weighted by molar-refractivity contribution is -0.384. The number of nitrogens with zero attached hydrogens (tertiary/aromatic N) is 3. The van der Waals surface area contributed by atoms with Crippen LogP contribution in [0, 0.1) is 27.9 Å². The maximum Gasteiger partial charge on any atom is 0.269 e. The molecular formula is C28H23Cl2N3O8. The molecular weight excluding hydrogens is 577 g/mol. The Kier molecular flexibility index (Phi) is 5.99. The molecule has 0 aromatic heterocycles. The molecule has 4 aliphatic rings. The fraction of sp³-hybridized carbons (Fsp3) is 0.357. The monoisotopic (exact) mass is 599 g/mol. The van der Waals surface area contributed by atoms with E-state index in [4.69, 9.17) is 27.9 Å². The number of benzene rings is 2. The number of anilines is 1. The highest BCUT2D eigenvalue weighted by Gasteiger charge is 2.75. The van der Waals surface area contributed by atoms with Crippen molar-refractivity contribution < 1.29 is 33.9 Å². The number of aromatic hydroxyl groups is 1. The van der Waals surface area contributed by atoms with Crippen LogP contribution in [0.2, 0.25) is 0 Å². The molecule has 1 N–H and O–H groups in total. The van der Waals surface area contributed by atoms with E-state index in [1.165, 1.54) is 50.6 Å². The molecule has 3 fully saturated rings. The quantitative estimate of drug-likeness (QED) is 0.184. The number of alkyl halides is 2. The van der Waals surface area contributed by atoms with Gasteiger partial charge in [-0.15, -0.1) is 23.2 Å². The number of amides is 4. The Morgan fingerprint density at radius 1 is 1.02 bits per heavy atom. The number of rotatable bonds is 4. The number of likely N-dealkylation sites (tertiary alicyclic amines) is 1. The summed E-state index contributed by atoms with van der Waals surface area (Å²) in [6, 6.07) is 9.55. The van der Waals surface area contributed by atoms with Crippen LogP contribution in [-0.4, -0.2) is 62.5 Å². The van der Waals surface area contributed by atoms with Gasteiger partial charge in [-0.25, -0.2) is 0 Å². The van der Waals surface area contributed by atoms with E-state index in [0.29, 0.717) is 11.1 Å². The Labute approximate surface area is 243 Å². The summed E-state index contributed by atoms with van der Waals surface area (Å²) in [6.07, 6.45) is 1.78. The molecule has 1 saturated carbocycles. The van der Waals surface area contributed by atoms with Crippen molar-refractivity contribution in [3.05, 3.63) is 69.8 Å². The van der Waals surface area contributed by atoms with Crippen molar-refractivity contribution >= 4 is 58.2 Å². The Morgan fingerprint density at radius 3 is 2.34 bits per heavy atom. The number of fused-ring (bicyclic) bond motifs is 4. The summed E-state index contributed by atoms with van der Waals surface area (Å²) in [7, 11) is 2.66. The zero-order valence-electron chi connectivity index (χ0n) is 21.7. The molecule has 0 spiro atoms. The van der Waals surface area contributed by atoms with Gasteiger partial charge in [-0.1, -0.05) is 17.7 Å². The van der Waals surface area contributed by atoms with E-state index in [9.17, 15) is 34.4 Å². The predicted octanol–water partition coefficient (Wildman–Crippen LogP) is 3.50. The van der Waals surface area contributed by atoms with Crippen molar-refractivity contribution in [3.8, 4) is 11.5 Å². The van der Waals surface area contributed by atoms with Gasteiger partial charge in [0.2, 0.25) is 11.8 Å². The third kappa shape index (κ3) is 3.45. The SMILES string of the molecule is COc1cc([C@H]2C3=CC[C@@H]4C(=O)N(c5ccc([N+](=O)[O-])cc5)C(=O)[C@@H]4[C@@H]3C[C@@]3(Cl)C(=O)N(C)C(=O)[C@@]23Cl)ccc1O. The van der Waals surface area contributed by atoms with Gasteiger partial charge in [0.25, 0.3) is 17.5 Å². The Morgan fingerprint density at radius 2 is 1.71 bits per heavy atom. The number of phenolic OH excluding ortho intramolecular Hbond substituents is 1. The van der Waals surface area contributed by atoms with E-state index in [1.807, 2.05) is 0 Å². The average molecular weight is 600 g/mol. The van der Waals surface area contributed by atoms with Gasteiger partial charge in [-0.05, 0) is 48.6 Å². The molecule has 212 valence electrons. The summed E-state index contributed by atoms with van der Waals surface area (Å²) >= 11 is 14.2. The molecule has 2 aromatic carbocycles. The van der Waals surface area contributed by atoms with Crippen LogP contribution in [0.15, 0.2) is 54.1 Å². The number of methoxy groups -OCH3 is 1. The van der Waals surface area contributed by atoms with Crippen LogP contribution in [0.4, 0.5) is 11.4 Å². The van der Waals surface area contributed by atoms with Gasteiger partial charge >= 0.3 is 0 Å². The van der Waals surface area contributed by atoms with Crippen molar-refractivity contribution in [3.63, 3.8) is 0 Å².